The minimum atomic E-state index is -0.254. The van der Waals surface area contributed by atoms with Crippen LogP contribution in [0.5, 0.6) is 11.5 Å². The van der Waals surface area contributed by atoms with Gasteiger partial charge in [-0.25, -0.2) is 0 Å². The topological polar surface area (TPSA) is 59.6 Å². The molecule has 6 heteroatoms. The number of carbonyl (C=O) groups is 1. The number of carbonyl (C=O) groups excluding carboxylic acids is 1. The molecule has 5 nitrogen and oxygen atoms in total. The maximum Gasteiger partial charge on any atom is 0.257 e. The molecular formula is C21H26N2O3S. The Labute approximate surface area is 166 Å². The molecule has 0 atom stereocenters. The summed E-state index contributed by atoms with van der Waals surface area (Å²) in [5, 5.41) is 5.99. The quantitative estimate of drug-likeness (QED) is 0.674. The third-order valence-electron chi connectivity index (χ3n) is 3.92. The number of hydrogen-bond donors (Lipinski definition) is 2. The Hall–Kier alpha value is -2.60. The lowest BCUT2D eigenvalue weighted by molar-refractivity contribution is 0.0976. The molecule has 0 fully saturated rings. The first-order valence-corrected chi connectivity index (χ1v) is 9.33. The van der Waals surface area contributed by atoms with Crippen LogP contribution in [0.25, 0.3) is 0 Å². The van der Waals surface area contributed by atoms with E-state index in [1.54, 1.807) is 31.4 Å². The SMILES string of the molecule is COc1ccc(CNC(=S)NC(=O)c2ccc(OCCC(C)C)cc2)cc1. The first kappa shape index (κ1) is 20.7. The molecule has 0 aliphatic rings. The fourth-order valence-corrected chi connectivity index (χ4v) is 2.43. The average molecular weight is 387 g/mol. The van der Waals surface area contributed by atoms with Gasteiger partial charge >= 0.3 is 0 Å². The number of rotatable bonds is 8. The number of nitrogens with one attached hydrogen (secondary N) is 2. The van der Waals surface area contributed by atoms with Gasteiger partial charge in [-0.15, -0.1) is 0 Å². The highest BCUT2D eigenvalue weighted by Gasteiger charge is 2.08. The Morgan fingerprint density at radius 2 is 1.67 bits per heavy atom. The molecule has 27 heavy (non-hydrogen) atoms. The van der Waals surface area contributed by atoms with Crippen LogP contribution in [-0.4, -0.2) is 24.7 Å². The fourth-order valence-electron chi connectivity index (χ4n) is 2.26. The van der Waals surface area contributed by atoms with Crippen molar-refractivity contribution in [3.63, 3.8) is 0 Å². The fraction of sp³-hybridized carbons (Fsp3) is 0.333. The van der Waals surface area contributed by atoms with Crippen LogP contribution in [0.4, 0.5) is 0 Å². The van der Waals surface area contributed by atoms with E-state index < -0.39 is 0 Å². The first-order valence-electron chi connectivity index (χ1n) is 8.93. The zero-order valence-electron chi connectivity index (χ0n) is 16.0. The number of ether oxygens (including phenoxy) is 2. The van der Waals surface area contributed by atoms with E-state index in [-0.39, 0.29) is 11.0 Å². The minimum Gasteiger partial charge on any atom is -0.497 e. The summed E-state index contributed by atoms with van der Waals surface area (Å²) in [5.41, 5.74) is 1.56. The van der Waals surface area contributed by atoms with E-state index in [1.807, 2.05) is 24.3 Å². The highest BCUT2D eigenvalue weighted by Crippen LogP contribution is 2.14. The molecule has 0 aliphatic carbocycles. The van der Waals surface area contributed by atoms with Crippen LogP contribution in [-0.2, 0) is 6.54 Å². The van der Waals surface area contributed by atoms with E-state index in [2.05, 4.69) is 24.5 Å². The summed E-state index contributed by atoms with van der Waals surface area (Å²) in [6, 6.07) is 14.7. The molecule has 0 heterocycles. The Morgan fingerprint density at radius 3 is 2.26 bits per heavy atom. The number of benzene rings is 2. The van der Waals surface area contributed by atoms with Crippen molar-refractivity contribution in [2.75, 3.05) is 13.7 Å². The van der Waals surface area contributed by atoms with Crippen LogP contribution in [0.3, 0.4) is 0 Å². The minimum absolute atomic E-state index is 0.254. The zero-order valence-corrected chi connectivity index (χ0v) is 16.8. The van der Waals surface area contributed by atoms with Crippen molar-refractivity contribution in [1.29, 1.82) is 0 Å². The van der Waals surface area contributed by atoms with Gasteiger partial charge in [0, 0.05) is 12.1 Å². The predicted octanol–water partition coefficient (Wildman–Crippen LogP) is 3.92. The third-order valence-corrected chi connectivity index (χ3v) is 4.17. The molecule has 2 aromatic rings. The van der Waals surface area contributed by atoms with Gasteiger partial charge in [0.05, 0.1) is 13.7 Å². The molecule has 144 valence electrons. The number of methoxy groups -OCH3 is 1. The summed E-state index contributed by atoms with van der Waals surface area (Å²) < 4.78 is 10.8. The lowest BCUT2D eigenvalue weighted by Gasteiger charge is -2.11. The van der Waals surface area contributed by atoms with Crippen molar-refractivity contribution in [1.82, 2.24) is 10.6 Å². The third kappa shape index (κ3) is 7.27. The molecule has 0 unspecified atom stereocenters. The highest BCUT2D eigenvalue weighted by atomic mass is 32.1. The molecule has 0 bridgehead atoms. The maximum absolute atomic E-state index is 12.3. The Kier molecular flexibility index (Phi) is 8.07. The van der Waals surface area contributed by atoms with Crippen LogP contribution in [0, 0.1) is 5.92 Å². The molecule has 0 aromatic heterocycles. The smallest absolute Gasteiger partial charge is 0.257 e. The van der Waals surface area contributed by atoms with Crippen molar-refractivity contribution in [2.45, 2.75) is 26.8 Å². The number of amides is 1. The van der Waals surface area contributed by atoms with Crippen LogP contribution in [0.2, 0.25) is 0 Å². The van der Waals surface area contributed by atoms with Crippen LogP contribution >= 0.6 is 12.2 Å². The maximum atomic E-state index is 12.3. The van der Waals surface area contributed by atoms with E-state index in [4.69, 9.17) is 21.7 Å². The average Bonchev–Trinajstić information content (AvgIpc) is 2.67. The van der Waals surface area contributed by atoms with Gasteiger partial charge in [0.25, 0.3) is 5.91 Å². The molecule has 0 spiro atoms. The molecule has 0 aliphatic heterocycles. The van der Waals surface area contributed by atoms with E-state index in [0.29, 0.717) is 24.6 Å². The number of thiocarbonyl (C=S) groups is 1. The summed E-state index contributed by atoms with van der Waals surface area (Å²) in [7, 11) is 1.63. The molecular weight excluding hydrogens is 360 g/mol. The molecule has 2 N–H and O–H groups in total. The van der Waals surface area contributed by atoms with E-state index in [0.717, 1.165) is 23.5 Å². The summed E-state index contributed by atoms with van der Waals surface area (Å²) in [5.74, 6) is 1.90. The summed E-state index contributed by atoms with van der Waals surface area (Å²) in [4.78, 5) is 12.3. The van der Waals surface area contributed by atoms with Gasteiger partial charge in [0.2, 0.25) is 0 Å². The number of hydrogen-bond acceptors (Lipinski definition) is 4. The standard InChI is InChI=1S/C21H26N2O3S/c1-15(2)12-13-26-19-10-6-17(7-11-19)20(24)23-21(27)22-14-16-4-8-18(25-3)9-5-16/h4-11,15H,12-14H2,1-3H3,(H2,22,23,24,27). The zero-order chi connectivity index (χ0) is 19.6. The summed E-state index contributed by atoms with van der Waals surface area (Å²) in [6.45, 7) is 5.50. The van der Waals surface area contributed by atoms with E-state index in [1.165, 1.54) is 0 Å². The molecule has 2 rings (SSSR count). The molecule has 1 amide bonds. The van der Waals surface area contributed by atoms with Crippen molar-refractivity contribution < 1.29 is 14.3 Å². The van der Waals surface area contributed by atoms with Gasteiger partial charge in [-0.2, -0.15) is 0 Å². The van der Waals surface area contributed by atoms with Crippen LogP contribution < -0.4 is 20.1 Å². The van der Waals surface area contributed by atoms with Crippen molar-refractivity contribution in [2.24, 2.45) is 5.92 Å². The molecule has 0 saturated carbocycles. The Balaban J connectivity index is 1.78. The van der Waals surface area contributed by atoms with E-state index in [9.17, 15) is 4.79 Å². The highest BCUT2D eigenvalue weighted by molar-refractivity contribution is 7.80. The first-order chi connectivity index (χ1) is 13.0. The van der Waals surface area contributed by atoms with Gasteiger partial charge in [-0.3, -0.25) is 10.1 Å². The summed E-state index contributed by atoms with van der Waals surface area (Å²) in [6.07, 6.45) is 0.996. The van der Waals surface area contributed by atoms with Crippen LogP contribution in [0.1, 0.15) is 36.2 Å². The Morgan fingerprint density at radius 1 is 1.04 bits per heavy atom. The van der Waals surface area contributed by atoms with Crippen molar-refractivity contribution in [3.05, 3.63) is 59.7 Å². The Bertz CT molecular complexity index is 743. The second-order valence-corrected chi connectivity index (χ2v) is 6.95. The lowest BCUT2D eigenvalue weighted by atomic mass is 10.1. The lowest BCUT2D eigenvalue weighted by Crippen LogP contribution is -2.38. The monoisotopic (exact) mass is 386 g/mol. The van der Waals surface area contributed by atoms with Gasteiger partial charge in [-0.1, -0.05) is 26.0 Å². The van der Waals surface area contributed by atoms with Crippen molar-refractivity contribution in [3.8, 4) is 11.5 Å². The van der Waals surface area contributed by atoms with Gasteiger partial charge in [0.15, 0.2) is 5.11 Å². The predicted molar refractivity (Wildman–Crippen MR) is 111 cm³/mol. The van der Waals surface area contributed by atoms with Crippen LogP contribution in [0.15, 0.2) is 48.5 Å². The molecule has 0 saturated heterocycles. The molecule has 2 aromatic carbocycles. The van der Waals surface area contributed by atoms with Crippen molar-refractivity contribution >= 4 is 23.2 Å². The second kappa shape index (κ2) is 10.5. The molecule has 0 radical (unpaired) electrons. The van der Waals surface area contributed by atoms with Gasteiger partial charge in [0.1, 0.15) is 11.5 Å². The van der Waals surface area contributed by atoms with Gasteiger partial charge < -0.3 is 14.8 Å². The van der Waals surface area contributed by atoms with E-state index >= 15 is 0 Å². The normalized spacial score (nSPS) is 10.4. The summed E-state index contributed by atoms with van der Waals surface area (Å²) >= 11 is 5.19. The largest absolute Gasteiger partial charge is 0.497 e. The van der Waals surface area contributed by atoms with Gasteiger partial charge in [-0.05, 0) is 66.5 Å². The second-order valence-electron chi connectivity index (χ2n) is 6.54.